The van der Waals surface area contributed by atoms with E-state index in [9.17, 15) is 5.11 Å². The molecule has 17 heavy (non-hydrogen) atoms. The van der Waals surface area contributed by atoms with Gasteiger partial charge in [0.2, 0.25) is 0 Å². The zero-order valence-electron chi connectivity index (χ0n) is 9.37. The second kappa shape index (κ2) is 4.60. The number of hydrogen-bond donors (Lipinski definition) is 1. The van der Waals surface area contributed by atoms with Crippen LogP contribution >= 0.6 is 11.3 Å². The van der Waals surface area contributed by atoms with Crippen LogP contribution < -0.4 is 0 Å². The van der Waals surface area contributed by atoms with Crippen LogP contribution in [0.4, 0.5) is 0 Å². The molecule has 1 saturated heterocycles. The molecule has 90 valence electrons. The lowest BCUT2D eigenvalue weighted by Crippen LogP contribution is -2.21. The van der Waals surface area contributed by atoms with Gasteiger partial charge in [0.25, 0.3) is 0 Å². The van der Waals surface area contributed by atoms with Crippen molar-refractivity contribution in [3.05, 3.63) is 29.5 Å². The molecule has 2 aromatic rings. The molecule has 3 heterocycles. The van der Waals surface area contributed by atoms with Gasteiger partial charge in [0, 0.05) is 25.0 Å². The average Bonchev–Trinajstić information content (AvgIpc) is 3.00. The van der Waals surface area contributed by atoms with Gasteiger partial charge in [-0.15, -0.1) is 11.3 Å². The van der Waals surface area contributed by atoms with E-state index in [-0.39, 0.29) is 6.10 Å². The minimum Gasteiger partial charge on any atom is -0.462 e. The summed E-state index contributed by atoms with van der Waals surface area (Å²) in [6.07, 6.45) is 2.36. The van der Waals surface area contributed by atoms with Crippen LogP contribution in [0.2, 0.25) is 0 Å². The van der Waals surface area contributed by atoms with Gasteiger partial charge in [0.15, 0.2) is 10.8 Å². The summed E-state index contributed by atoms with van der Waals surface area (Å²) in [5.74, 6) is 0.822. The van der Waals surface area contributed by atoms with Gasteiger partial charge < -0.3 is 9.52 Å². The van der Waals surface area contributed by atoms with Crippen molar-refractivity contribution in [2.75, 3.05) is 13.1 Å². The molecule has 1 N–H and O–H groups in total. The Morgan fingerprint density at radius 3 is 3.24 bits per heavy atom. The Bertz CT molecular complexity index is 480. The predicted octanol–water partition coefficient (Wildman–Crippen LogP) is 1.97. The first-order chi connectivity index (χ1) is 8.31. The summed E-state index contributed by atoms with van der Waals surface area (Å²) in [4.78, 5) is 6.77. The number of β-amino-alcohol motifs (C(OH)–C–C–N with tert-alkyl or cyclic N) is 1. The number of aliphatic hydroxyl groups excluding tert-OH is 1. The third kappa shape index (κ3) is 2.41. The molecule has 1 aliphatic rings. The van der Waals surface area contributed by atoms with Gasteiger partial charge in [-0.05, 0) is 18.6 Å². The lowest BCUT2D eigenvalue weighted by molar-refractivity contribution is 0.174. The van der Waals surface area contributed by atoms with Gasteiger partial charge in [-0.2, -0.15) is 0 Å². The first kappa shape index (κ1) is 11.0. The molecule has 0 bridgehead atoms. The Morgan fingerprint density at radius 1 is 1.59 bits per heavy atom. The van der Waals surface area contributed by atoms with E-state index in [1.807, 2.05) is 12.1 Å². The quantitative estimate of drug-likeness (QED) is 0.904. The van der Waals surface area contributed by atoms with Gasteiger partial charge in [-0.25, -0.2) is 4.98 Å². The Morgan fingerprint density at radius 2 is 2.53 bits per heavy atom. The summed E-state index contributed by atoms with van der Waals surface area (Å²) in [6.45, 7) is 2.52. The maximum Gasteiger partial charge on any atom is 0.162 e. The Labute approximate surface area is 104 Å². The Balaban J connectivity index is 1.69. The highest BCUT2D eigenvalue weighted by molar-refractivity contribution is 7.13. The Kier molecular flexibility index (Phi) is 2.96. The summed E-state index contributed by atoms with van der Waals surface area (Å²) >= 11 is 1.60. The molecular weight excluding hydrogens is 236 g/mol. The van der Waals surface area contributed by atoms with Crippen molar-refractivity contribution in [2.45, 2.75) is 19.1 Å². The summed E-state index contributed by atoms with van der Waals surface area (Å²) in [7, 11) is 0. The number of aromatic nitrogens is 1. The minimum atomic E-state index is -0.168. The van der Waals surface area contributed by atoms with Crippen molar-refractivity contribution in [1.82, 2.24) is 9.88 Å². The number of rotatable bonds is 3. The van der Waals surface area contributed by atoms with Crippen LogP contribution in [0.5, 0.6) is 0 Å². The highest BCUT2D eigenvalue weighted by atomic mass is 32.1. The monoisotopic (exact) mass is 250 g/mol. The van der Waals surface area contributed by atoms with Crippen LogP contribution in [0.1, 0.15) is 12.1 Å². The highest BCUT2D eigenvalue weighted by Gasteiger charge is 2.21. The molecule has 0 spiro atoms. The predicted molar refractivity (Wildman–Crippen MR) is 65.7 cm³/mol. The number of hydrogen-bond acceptors (Lipinski definition) is 5. The zero-order valence-corrected chi connectivity index (χ0v) is 10.2. The van der Waals surface area contributed by atoms with E-state index in [1.54, 1.807) is 17.6 Å². The fourth-order valence-electron chi connectivity index (χ4n) is 2.08. The summed E-state index contributed by atoms with van der Waals surface area (Å²) in [5.41, 5.74) is 1.05. The van der Waals surface area contributed by atoms with Gasteiger partial charge in [0.1, 0.15) is 0 Å². The molecule has 3 rings (SSSR count). The molecule has 1 aliphatic heterocycles. The number of thiazole rings is 1. The largest absolute Gasteiger partial charge is 0.462 e. The van der Waals surface area contributed by atoms with Crippen LogP contribution in [-0.2, 0) is 6.54 Å². The van der Waals surface area contributed by atoms with E-state index < -0.39 is 0 Å². The number of aliphatic hydroxyl groups is 1. The Hall–Kier alpha value is -1.17. The first-order valence-corrected chi connectivity index (χ1v) is 6.58. The number of nitrogens with zero attached hydrogens (tertiary/aromatic N) is 2. The van der Waals surface area contributed by atoms with Crippen molar-refractivity contribution in [3.63, 3.8) is 0 Å². The molecule has 1 atom stereocenters. The van der Waals surface area contributed by atoms with Crippen molar-refractivity contribution >= 4 is 11.3 Å². The van der Waals surface area contributed by atoms with Crippen molar-refractivity contribution in [2.24, 2.45) is 0 Å². The van der Waals surface area contributed by atoms with Gasteiger partial charge in [-0.1, -0.05) is 0 Å². The van der Waals surface area contributed by atoms with E-state index in [4.69, 9.17) is 4.42 Å². The normalized spacial score (nSPS) is 21.1. The van der Waals surface area contributed by atoms with Crippen LogP contribution in [0, 0.1) is 0 Å². The molecule has 2 aromatic heterocycles. The molecule has 0 saturated carbocycles. The molecule has 0 radical (unpaired) electrons. The molecule has 4 nitrogen and oxygen atoms in total. The lowest BCUT2D eigenvalue weighted by atomic mass is 10.3. The van der Waals surface area contributed by atoms with Gasteiger partial charge >= 0.3 is 0 Å². The first-order valence-electron chi connectivity index (χ1n) is 5.70. The van der Waals surface area contributed by atoms with E-state index in [0.29, 0.717) is 0 Å². The van der Waals surface area contributed by atoms with Crippen molar-refractivity contribution in [3.8, 4) is 10.8 Å². The molecule has 0 aliphatic carbocycles. The summed E-state index contributed by atoms with van der Waals surface area (Å²) < 4.78 is 5.31. The summed E-state index contributed by atoms with van der Waals surface area (Å²) in [5, 5.41) is 12.4. The van der Waals surface area contributed by atoms with E-state index >= 15 is 0 Å². The third-order valence-electron chi connectivity index (χ3n) is 2.92. The molecule has 0 aromatic carbocycles. The summed E-state index contributed by atoms with van der Waals surface area (Å²) in [6, 6.07) is 3.79. The third-order valence-corrected chi connectivity index (χ3v) is 3.82. The standard InChI is InChI=1S/C12H14N2O2S/c15-10-3-4-14(7-10)6-9-8-17-12(13-9)11-2-1-5-16-11/h1-2,5,8,10,15H,3-4,6-7H2/t10-/m0/s1. The lowest BCUT2D eigenvalue weighted by Gasteiger charge is -2.12. The van der Waals surface area contributed by atoms with Crippen LogP contribution in [-0.4, -0.2) is 34.2 Å². The number of likely N-dealkylation sites (tertiary alicyclic amines) is 1. The molecule has 5 heteroatoms. The molecule has 0 unspecified atom stereocenters. The van der Waals surface area contributed by atoms with E-state index in [1.165, 1.54) is 0 Å². The fourth-order valence-corrected chi connectivity index (χ4v) is 2.86. The van der Waals surface area contributed by atoms with Crippen molar-refractivity contribution < 1.29 is 9.52 Å². The van der Waals surface area contributed by atoms with Crippen LogP contribution in [0.15, 0.2) is 28.2 Å². The zero-order chi connectivity index (χ0) is 11.7. The number of furan rings is 1. The van der Waals surface area contributed by atoms with Crippen LogP contribution in [0.3, 0.4) is 0 Å². The second-order valence-corrected chi connectivity index (χ2v) is 5.16. The average molecular weight is 250 g/mol. The van der Waals surface area contributed by atoms with E-state index in [0.717, 1.165) is 42.5 Å². The second-order valence-electron chi connectivity index (χ2n) is 4.30. The smallest absolute Gasteiger partial charge is 0.162 e. The molecule has 0 amide bonds. The van der Waals surface area contributed by atoms with E-state index in [2.05, 4.69) is 15.3 Å². The van der Waals surface area contributed by atoms with Crippen LogP contribution in [0.25, 0.3) is 10.8 Å². The minimum absolute atomic E-state index is 0.168. The topological polar surface area (TPSA) is 49.5 Å². The van der Waals surface area contributed by atoms with Crippen molar-refractivity contribution in [1.29, 1.82) is 0 Å². The molecule has 1 fully saturated rings. The maximum atomic E-state index is 9.46. The fraction of sp³-hybridized carbons (Fsp3) is 0.417. The van der Waals surface area contributed by atoms with Gasteiger partial charge in [0.05, 0.1) is 18.1 Å². The molecular formula is C12H14N2O2S. The highest BCUT2D eigenvalue weighted by Crippen LogP contribution is 2.25. The van der Waals surface area contributed by atoms with Gasteiger partial charge in [-0.3, -0.25) is 4.90 Å². The maximum absolute atomic E-state index is 9.46. The SMILES string of the molecule is O[C@H]1CCN(Cc2csc(-c3ccco3)n2)C1.